The van der Waals surface area contributed by atoms with Gasteiger partial charge in [0, 0.05) is 22.5 Å². The number of thioether (sulfide) groups is 1. The molecular formula is C21H25BrClN3OS2. The van der Waals surface area contributed by atoms with Gasteiger partial charge in [0.25, 0.3) is 5.91 Å². The van der Waals surface area contributed by atoms with E-state index in [1.165, 1.54) is 0 Å². The molecule has 1 heterocycles. The fourth-order valence-corrected chi connectivity index (χ4v) is 5.14. The van der Waals surface area contributed by atoms with Crippen molar-refractivity contribution in [3.8, 4) is 0 Å². The van der Waals surface area contributed by atoms with E-state index < -0.39 is 0 Å². The Bertz CT molecular complexity index is 962. The van der Waals surface area contributed by atoms with Crippen LogP contribution in [0, 0.1) is 0 Å². The quantitative estimate of drug-likeness (QED) is 0.336. The smallest absolute Gasteiger partial charge is 0.261 e. The molecule has 0 aliphatic carbocycles. The highest BCUT2D eigenvalue weighted by molar-refractivity contribution is 9.10. The molecule has 0 N–H and O–H groups in total. The third-order valence-corrected chi connectivity index (χ3v) is 7.21. The highest BCUT2D eigenvalue weighted by atomic mass is 79.9. The number of likely N-dealkylation sites (N-methyl/N-ethyl adjacent to an activating group) is 1. The van der Waals surface area contributed by atoms with Crippen LogP contribution >= 0.6 is 51.4 Å². The van der Waals surface area contributed by atoms with Gasteiger partial charge in [-0.05, 0) is 59.5 Å². The van der Waals surface area contributed by atoms with E-state index in [2.05, 4.69) is 53.1 Å². The molecule has 156 valence electrons. The topological polar surface area (TPSA) is 36.4 Å². The molecule has 0 bridgehead atoms. The maximum atomic E-state index is 13.4. The highest BCUT2D eigenvalue weighted by Crippen LogP contribution is 2.35. The molecule has 3 aromatic rings. The number of rotatable bonds is 8. The van der Waals surface area contributed by atoms with Gasteiger partial charge in [0.15, 0.2) is 5.13 Å². The Morgan fingerprint density at radius 3 is 2.48 bits per heavy atom. The Morgan fingerprint density at radius 2 is 1.83 bits per heavy atom. The van der Waals surface area contributed by atoms with Crippen molar-refractivity contribution < 1.29 is 4.79 Å². The first kappa shape index (κ1) is 24.2. The van der Waals surface area contributed by atoms with Crippen molar-refractivity contribution in [3.63, 3.8) is 0 Å². The lowest BCUT2D eigenvalue weighted by Gasteiger charge is -2.25. The van der Waals surface area contributed by atoms with Crippen molar-refractivity contribution in [2.45, 2.75) is 18.7 Å². The average Bonchev–Trinajstić information content (AvgIpc) is 3.15. The second-order valence-corrected chi connectivity index (χ2v) is 8.98. The second kappa shape index (κ2) is 11.3. The van der Waals surface area contributed by atoms with Crippen LogP contribution in [0.3, 0.4) is 0 Å². The van der Waals surface area contributed by atoms with Gasteiger partial charge in [-0.1, -0.05) is 43.4 Å². The molecule has 8 heteroatoms. The largest absolute Gasteiger partial charge is 0.302 e. The van der Waals surface area contributed by atoms with E-state index in [0.29, 0.717) is 12.1 Å². The summed E-state index contributed by atoms with van der Waals surface area (Å²) in [6.07, 6.45) is 2.05. The van der Waals surface area contributed by atoms with Crippen molar-refractivity contribution in [2.24, 2.45) is 0 Å². The summed E-state index contributed by atoms with van der Waals surface area (Å²) in [7, 11) is 0. The molecule has 0 atom stereocenters. The first-order chi connectivity index (χ1) is 13.6. The molecule has 1 amide bonds. The van der Waals surface area contributed by atoms with E-state index >= 15 is 0 Å². The minimum atomic E-state index is -0.0237. The molecule has 29 heavy (non-hydrogen) atoms. The molecule has 0 saturated carbocycles. The van der Waals surface area contributed by atoms with Gasteiger partial charge in [-0.3, -0.25) is 9.69 Å². The summed E-state index contributed by atoms with van der Waals surface area (Å²) in [6, 6.07) is 13.8. The van der Waals surface area contributed by atoms with Gasteiger partial charge in [-0.2, -0.15) is 0 Å². The molecule has 0 aliphatic rings. The lowest BCUT2D eigenvalue weighted by Crippen LogP contribution is -2.39. The number of anilines is 1. The molecule has 0 radical (unpaired) electrons. The Kier molecular flexibility index (Phi) is 9.43. The molecule has 0 unspecified atom stereocenters. The van der Waals surface area contributed by atoms with Crippen LogP contribution in [0.15, 0.2) is 51.8 Å². The van der Waals surface area contributed by atoms with Gasteiger partial charge >= 0.3 is 0 Å². The number of hydrogen-bond acceptors (Lipinski definition) is 5. The molecular weight excluding hydrogens is 490 g/mol. The fraction of sp³-hybridized carbons (Fsp3) is 0.333. The number of amides is 1. The number of carbonyl (C=O) groups is 1. The predicted octanol–water partition coefficient (Wildman–Crippen LogP) is 6.19. The average molecular weight is 515 g/mol. The Hall–Kier alpha value is -1.12. The molecule has 1 aromatic heterocycles. The van der Waals surface area contributed by atoms with E-state index in [1.54, 1.807) is 23.1 Å². The van der Waals surface area contributed by atoms with Crippen LogP contribution in [0.1, 0.15) is 24.2 Å². The molecule has 0 aliphatic heterocycles. The Labute approximate surface area is 195 Å². The monoisotopic (exact) mass is 513 g/mol. The molecule has 0 spiro atoms. The van der Waals surface area contributed by atoms with Gasteiger partial charge in [0.2, 0.25) is 0 Å². The van der Waals surface area contributed by atoms with Crippen LogP contribution in [-0.2, 0) is 0 Å². The summed E-state index contributed by atoms with van der Waals surface area (Å²) in [5.41, 5.74) is 1.63. The fourth-order valence-electron chi connectivity index (χ4n) is 3.04. The van der Waals surface area contributed by atoms with E-state index in [1.807, 2.05) is 35.2 Å². The normalized spacial score (nSPS) is 10.9. The van der Waals surface area contributed by atoms with Crippen LogP contribution < -0.4 is 4.90 Å². The number of benzene rings is 2. The number of nitrogens with zero attached hydrogens (tertiary/aromatic N) is 3. The molecule has 3 rings (SSSR count). The third kappa shape index (κ3) is 5.52. The number of carbonyl (C=O) groups excluding carboxylic acids is 1. The van der Waals surface area contributed by atoms with Crippen molar-refractivity contribution in [3.05, 3.63) is 52.5 Å². The van der Waals surface area contributed by atoms with Crippen molar-refractivity contribution in [2.75, 3.05) is 37.3 Å². The van der Waals surface area contributed by atoms with Gasteiger partial charge in [-0.25, -0.2) is 4.98 Å². The van der Waals surface area contributed by atoms with Crippen LogP contribution in [0.25, 0.3) is 10.2 Å². The first-order valence-corrected chi connectivity index (χ1v) is 12.1. The van der Waals surface area contributed by atoms with E-state index in [9.17, 15) is 4.79 Å². The zero-order valence-corrected chi connectivity index (χ0v) is 20.8. The maximum Gasteiger partial charge on any atom is 0.261 e. The summed E-state index contributed by atoms with van der Waals surface area (Å²) in [5, 5.41) is 0.754. The molecule has 2 aromatic carbocycles. The van der Waals surface area contributed by atoms with Crippen molar-refractivity contribution in [1.29, 1.82) is 0 Å². The maximum absolute atomic E-state index is 13.4. The van der Waals surface area contributed by atoms with Crippen LogP contribution in [0.4, 0.5) is 5.13 Å². The van der Waals surface area contributed by atoms with Crippen LogP contribution in [0.2, 0.25) is 0 Å². The SMILES string of the molecule is CCN(CC)CCN(C(=O)c1ccccc1Br)c1nc2c(SC)cccc2s1.Cl. The summed E-state index contributed by atoms with van der Waals surface area (Å²) < 4.78 is 1.91. The van der Waals surface area contributed by atoms with E-state index in [4.69, 9.17) is 4.98 Å². The van der Waals surface area contributed by atoms with Gasteiger partial charge < -0.3 is 4.90 Å². The molecule has 4 nitrogen and oxygen atoms in total. The van der Waals surface area contributed by atoms with Crippen molar-refractivity contribution >= 4 is 72.7 Å². The number of para-hydroxylation sites is 1. The zero-order valence-electron chi connectivity index (χ0n) is 16.7. The van der Waals surface area contributed by atoms with Crippen molar-refractivity contribution in [1.82, 2.24) is 9.88 Å². The number of halogens is 2. The van der Waals surface area contributed by atoms with Crippen LogP contribution in [-0.4, -0.2) is 48.2 Å². The minimum Gasteiger partial charge on any atom is -0.302 e. The summed E-state index contributed by atoms with van der Waals surface area (Å²) in [5.74, 6) is -0.0237. The highest BCUT2D eigenvalue weighted by Gasteiger charge is 2.23. The number of hydrogen-bond donors (Lipinski definition) is 0. The van der Waals surface area contributed by atoms with E-state index in [-0.39, 0.29) is 18.3 Å². The Balaban J connectivity index is 0.00000300. The standard InChI is InChI=1S/C21H24BrN3OS2.ClH/c1-4-24(5-2)13-14-25(20(26)15-9-6-7-10-16(15)22)21-23-19-17(27-3)11-8-12-18(19)28-21;/h6-12H,4-5,13-14H2,1-3H3;1H. The number of fused-ring (bicyclic) bond motifs is 1. The molecule has 0 fully saturated rings. The predicted molar refractivity (Wildman–Crippen MR) is 132 cm³/mol. The zero-order chi connectivity index (χ0) is 20.1. The van der Waals surface area contributed by atoms with Gasteiger partial charge in [0.1, 0.15) is 0 Å². The first-order valence-electron chi connectivity index (χ1n) is 9.31. The molecule has 0 saturated heterocycles. The minimum absolute atomic E-state index is 0. The summed E-state index contributed by atoms with van der Waals surface area (Å²) >= 11 is 6.78. The summed E-state index contributed by atoms with van der Waals surface area (Å²) in [4.78, 5) is 23.6. The van der Waals surface area contributed by atoms with Gasteiger partial charge in [0.05, 0.1) is 15.8 Å². The lowest BCUT2D eigenvalue weighted by molar-refractivity contribution is 0.0983. The second-order valence-electron chi connectivity index (χ2n) is 6.27. The number of thiazole rings is 1. The lowest BCUT2D eigenvalue weighted by atomic mass is 10.2. The van der Waals surface area contributed by atoms with Gasteiger partial charge in [-0.15, -0.1) is 24.2 Å². The third-order valence-electron chi connectivity index (χ3n) is 4.71. The van der Waals surface area contributed by atoms with E-state index in [0.717, 1.165) is 44.4 Å². The number of aromatic nitrogens is 1. The van der Waals surface area contributed by atoms with Crippen LogP contribution in [0.5, 0.6) is 0 Å². The summed E-state index contributed by atoms with van der Waals surface area (Å²) in [6.45, 7) is 7.64. The Morgan fingerprint density at radius 1 is 1.10 bits per heavy atom.